The van der Waals surface area contributed by atoms with Crippen molar-refractivity contribution in [3.63, 3.8) is 0 Å². The SMILES string of the molecule is C[C@](C#N)(Cc1ccccc1)N1CC(O)C1. The highest BCUT2D eigenvalue weighted by Gasteiger charge is 2.39. The molecule has 1 fully saturated rings. The highest BCUT2D eigenvalue weighted by Crippen LogP contribution is 2.25. The lowest BCUT2D eigenvalue weighted by atomic mass is 9.89. The summed E-state index contributed by atoms with van der Waals surface area (Å²) in [4.78, 5) is 2.03. The van der Waals surface area contributed by atoms with Gasteiger partial charge in [0.2, 0.25) is 0 Å². The van der Waals surface area contributed by atoms with E-state index in [1.54, 1.807) is 0 Å². The zero-order valence-corrected chi connectivity index (χ0v) is 9.43. The number of nitriles is 1. The third-order valence-electron chi connectivity index (χ3n) is 3.19. The number of aliphatic hydroxyl groups excluding tert-OH is 1. The predicted molar refractivity (Wildman–Crippen MR) is 61.7 cm³/mol. The zero-order chi connectivity index (χ0) is 11.6. The van der Waals surface area contributed by atoms with Crippen LogP contribution < -0.4 is 0 Å². The van der Waals surface area contributed by atoms with Gasteiger partial charge in [0.25, 0.3) is 0 Å². The van der Waals surface area contributed by atoms with Crippen LogP contribution in [0.2, 0.25) is 0 Å². The first-order valence-corrected chi connectivity index (χ1v) is 5.52. The van der Waals surface area contributed by atoms with Gasteiger partial charge < -0.3 is 5.11 Å². The lowest BCUT2D eigenvalue weighted by Crippen LogP contribution is -2.61. The first-order chi connectivity index (χ1) is 7.64. The molecule has 1 heterocycles. The summed E-state index contributed by atoms with van der Waals surface area (Å²) in [5, 5.41) is 18.6. The van der Waals surface area contributed by atoms with E-state index in [4.69, 9.17) is 0 Å². The molecule has 0 bridgehead atoms. The number of likely N-dealkylation sites (tertiary alicyclic amines) is 1. The molecule has 0 aliphatic carbocycles. The van der Waals surface area contributed by atoms with E-state index in [9.17, 15) is 10.4 Å². The average molecular weight is 216 g/mol. The molecule has 1 aliphatic heterocycles. The Morgan fingerprint density at radius 1 is 1.44 bits per heavy atom. The Balaban J connectivity index is 2.09. The van der Waals surface area contributed by atoms with Gasteiger partial charge in [-0.25, -0.2) is 0 Å². The summed E-state index contributed by atoms with van der Waals surface area (Å²) in [5.41, 5.74) is 0.661. The highest BCUT2D eigenvalue weighted by molar-refractivity contribution is 5.22. The van der Waals surface area contributed by atoms with Crippen molar-refractivity contribution < 1.29 is 5.11 Å². The summed E-state index contributed by atoms with van der Waals surface area (Å²) in [6.07, 6.45) is 0.445. The summed E-state index contributed by atoms with van der Waals surface area (Å²) in [7, 11) is 0. The molecule has 1 atom stereocenters. The Morgan fingerprint density at radius 2 is 2.06 bits per heavy atom. The van der Waals surface area contributed by atoms with Crippen molar-refractivity contribution in [1.29, 1.82) is 5.26 Å². The molecule has 2 rings (SSSR count). The lowest BCUT2D eigenvalue weighted by molar-refractivity contribution is -0.0419. The molecule has 0 amide bonds. The quantitative estimate of drug-likeness (QED) is 0.825. The lowest BCUT2D eigenvalue weighted by Gasteiger charge is -2.45. The average Bonchev–Trinajstić information content (AvgIpc) is 2.26. The van der Waals surface area contributed by atoms with E-state index in [0.717, 1.165) is 5.56 Å². The van der Waals surface area contributed by atoms with Gasteiger partial charge in [0.1, 0.15) is 5.54 Å². The molecular formula is C13H16N2O. The molecule has 0 saturated carbocycles. The number of nitrogens with zero attached hydrogens (tertiary/aromatic N) is 2. The summed E-state index contributed by atoms with van der Waals surface area (Å²) >= 11 is 0. The smallest absolute Gasteiger partial charge is 0.110 e. The van der Waals surface area contributed by atoms with E-state index < -0.39 is 5.54 Å². The van der Waals surface area contributed by atoms with Gasteiger partial charge in [-0.15, -0.1) is 0 Å². The molecule has 1 aromatic rings. The normalized spacial score (nSPS) is 20.8. The maximum atomic E-state index is 9.29. The largest absolute Gasteiger partial charge is 0.390 e. The number of hydrogen-bond acceptors (Lipinski definition) is 3. The standard InChI is InChI=1S/C13H16N2O/c1-13(10-14,15-8-12(16)9-15)7-11-5-3-2-4-6-11/h2-6,12,16H,7-9H2,1H3/t13-/m1/s1. The Kier molecular flexibility index (Phi) is 2.95. The summed E-state index contributed by atoms with van der Waals surface area (Å²) in [6, 6.07) is 12.4. The van der Waals surface area contributed by atoms with E-state index in [0.29, 0.717) is 19.5 Å². The first kappa shape index (κ1) is 11.1. The van der Waals surface area contributed by atoms with Gasteiger partial charge in [0, 0.05) is 19.5 Å². The first-order valence-electron chi connectivity index (χ1n) is 5.52. The summed E-state index contributed by atoms with van der Waals surface area (Å²) in [6.45, 7) is 3.15. The minimum absolute atomic E-state index is 0.261. The van der Waals surface area contributed by atoms with Crippen molar-refractivity contribution in [2.45, 2.75) is 25.0 Å². The zero-order valence-electron chi connectivity index (χ0n) is 9.43. The third kappa shape index (κ3) is 2.08. The fourth-order valence-electron chi connectivity index (χ4n) is 2.07. The fraction of sp³-hybridized carbons (Fsp3) is 0.462. The molecule has 0 aromatic heterocycles. The third-order valence-corrected chi connectivity index (χ3v) is 3.19. The van der Waals surface area contributed by atoms with Gasteiger partial charge in [-0.05, 0) is 12.5 Å². The van der Waals surface area contributed by atoms with E-state index in [1.165, 1.54) is 0 Å². The number of β-amino-alcohol motifs (C(OH)–C–C–N with tert-alkyl or cyclic N) is 1. The second-order valence-corrected chi connectivity index (χ2v) is 4.61. The van der Waals surface area contributed by atoms with Crippen molar-refractivity contribution in [1.82, 2.24) is 4.90 Å². The van der Waals surface area contributed by atoms with Crippen molar-refractivity contribution in [3.8, 4) is 6.07 Å². The van der Waals surface area contributed by atoms with E-state index in [-0.39, 0.29) is 6.10 Å². The van der Waals surface area contributed by atoms with Crippen LogP contribution in [0.5, 0.6) is 0 Å². The minimum atomic E-state index is -0.499. The Labute approximate surface area is 95.9 Å². The second kappa shape index (κ2) is 4.25. The number of aliphatic hydroxyl groups is 1. The predicted octanol–water partition coefficient (Wildman–Crippen LogP) is 1.19. The van der Waals surface area contributed by atoms with Crippen molar-refractivity contribution in [2.75, 3.05) is 13.1 Å². The molecule has 3 nitrogen and oxygen atoms in total. The fourth-order valence-corrected chi connectivity index (χ4v) is 2.07. The van der Waals surface area contributed by atoms with Crippen LogP contribution in [0, 0.1) is 11.3 Å². The molecule has 16 heavy (non-hydrogen) atoms. The molecule has 0 spiro atoms. The number of hydrogen-bond donors (Lipinski definition) is 1. The second-order valence-electron chi connectivity index (χ2n) is 4.61. The van der Waals surface area contributed by atoms with Crippen molar-refractivity contribution in [3.05, 3.63) is 35.9 Å². The number of rotatable bonds is 3. The molecule has 3 heteroatoms. The molecule has 1 aromatic carbocycles. The van der Waals surface area contributed by atoms with Gasteiger partial charge in [0.05, 0.1) is 12.2 Å². The van der Waals surface area contributed by atoms with Gasteiger partial charge in [-0.3, -0.25) is 4.90 Å². The van der Waals surface area contributed by atoms with E-state index in [1.807, 2.05) is 42.2 Å². The van der Waals surface area contributed by atoms with Crippen molar-refractivity contribution >= 4 is 0 Å². The van der Waals surface area contributed by atoms with Gasteiger partial charge in [-0.1, -0.05) is 30.3 Å². The van der Waals surface area contributed by atoms with Crippen LogP contribution in [0.15, 0.2) is 30.3 Å². The summed E-state index contributed by atoms with van der Waals surface area (Å²) in [5.74, 6) is 0. The maximum absolute atomic E-state index is 9.29. The topological polar surface area (TPSA) is 47.3 Å². The Morgan fingerprint density at radius 3 is 2.56 bits per heavy atom. The maximum Gasteiger partial charge on any atom is 0.110 e. The number of benzene rings is 1. The molecule has 1 aliphatic rings. The van der Waals surface area contributed by atoms with Crippen LogP contribution in [0.4, 0.5) is 0 Å². The minimum Gasteiger partial charge on any atom is -0.390 e. The van der Waals surface area contributed by atoms with Gasteiger partial charge >= 0.3 is 0 Å². The molecular weight excluding hydrogens is 200 g/mol. The van der Waals surface area contributed by atoms with Crippen LogP contribution in [-0.4, -0.2) is 34.7 Å². The van der Waals surface area contributed by atoms with Crippen LogP contribution >= 0.6 is 0 Å². The Hall–Kier alpha value is -1.37. The van der Waals surface area contributed by atoms with Crippen LogP contribution in [0.25, 0.3) is 0 Å². The summed E-state index contributed by atoms with van der Waals surface area (Å²) < 4.78 is 0. The molecule has 1 saturated heterocycles. The molecule has 84 valence electrons. The van der Waals surface area contributed by atoms with E-state index >= 15 is 0 Å². The van der Waals surface area contributed by atoms with E-state index in [2.05, 4.69) is 6.07 Å². The molecule has 0 radical (unpaired) electrons. The van der Waals surface area contributed by atoms with Gasteiger partial charge in [0.15, 0.2) is 0 Å². The van der Waals surface area contributed by atoms with Crippen LogP contribution in [0.3, 0.4) is 0 Å². The molecule has 0 unspecified atom stereocenters. The van der Waals surface area contributed by atoms with Crippen molar-refractivity contribution in [2.24, 2.45) is 0 Å². The monoisotopic (exact) mass is 216 g/mol. The Bertz CT molecular complexity index is 392. The van der Waals surface area contributed by atoms with Gasteiger partial charge in [-0.2, -0.15) is 5.26 Å². The van der Waals surface area contributed by atoms with Crippen LogP contribution in [0.1, 0.15) is 12.5 Å². The highest BCUT2D eigenvalue weighted by atomic mass is 16.3. The molecule has 1 N–H and O–H groups in total. The van der Waals surface area contributed by atoms with Crippen LogP contribution in [-0.2, 0) is 6.42 Å².